The van der Waals surface area contributed by atoms with Crippen LogP contribution in [0.5, 0.6) is 0 Å². The predicted molar refractivity (Wildman–Crippen MR) is 78.9 cm³/mol. The molecule has 0 bridgehead atoms. The number of benzene rings is 1. The Hall–Kier alpha value is -2.26. The minimum atomic E-state index is -0.957. The number of nitriles is 1. The third-order valence-corrected chi connectivity index (χ3v) is 3.41. The first-order valence-corrected chi connectivity index (χ1v) is 6.79. The molecule has 0 fully saturated rings. The number of allylic oxidation sites excluding steroid dienone is 1. The molecule has 0 spiro atoms. The van der Waals surface area contributed by atoms with E-state index in [4.69, 9.17) is 11.0 Å². The van der Waals surface area contributed by atoms with Crippen LogP contribution < -0.4 is 11.1 Å². The van der Waals surface area contributed by atoms with Crippen LogP contribution in [0.15, 0.2) is 41.4 Å². The maximum absolute atomic E-state index is 11.8. The molecule has 0 radical (unpaired) electrons. The van der Waals surface area contributed by atoms with Gasteiger partial charge in [0, 0.05) is 23.2 Å². The third kappa shape index (κ3) is 4.78. The van der Waals surface area contributed by atoms with Gasteiger partial charge in [0.05, 0.1) is 11.8 Å². The lowest BCUT2D eigenvalue weighted by molar-refractivity contribution is -0.118. The highest BCUT2D eigenvalue weighted by Gasteiger charge is 2.19. The number of rotatable bonds is 6. The molecule has 1 rings (SSSR count). The van der Waals surface area contributed by atoms with Crippen LogP contribution in [0.3, 0.4) is 0 Å². The Bertz CT molecular complexity index is 561. The number of ketones is 1. The molecular formula is C14H15N3O2S. The molecule has 1 aromatic carbocycles. The normalized spacial score (nSPS) is 11.2. The van der Waals surface area contributed by atoms with E-state index in [1.165, 1.54) is 18.7 Å². The number of thioether (sulfide) groups is 1. The number of carbonyl (C=O) groups is 2. The van der Waals surface area contributed by atoms with Crippen LogP contribution in [-0.4, -0.2) is 17.4 Å². The van der Waals surface area contributed by atoms with E-state index >= 15 is 0 Å². The summed E-state index contributed by atoms with van der Waals surface area (Å²) < 4.78 is 0. The SMILES string of the molecule is C=C(N)[C@@H](C#N)C(=O)CSc1ccc(NC(C)=O)cc1. The van der Waals surface area contributed by atoms with Crippen molar-refractivity contribution in [2.24, 2.45) is 11.7 Å². The van der Waals surface area contributed by atoms with Gasteiger partial charge in [0.15, 0.2) is 5.78 Å². The Kier molecular flexibility index (Phi) is 5.81. The standard InChI is InChI=1S/C14H15N3O2S/c1-9(16)13(7-15)14(19)8-20-12-5-3-11(4-6-12)17-10(2)18/h3-6,13H,1,8,16H2,2H3,(H,17,18)/t13-/m1/s1. The molecule has 0 aliphatic carbocycles. The molecule has 0 aromatic heterocycles. The van der Waals surface area contributed by atoms with Crippen LogP contribution in [0, 0.1) is 17.2 Å². The van der Waals surface area contributed by atoms with E-state index < -0.39 is 5.92 Å². The molecule has 0 heterocycles. The summed E-state index contributed by atoms with van der Waals surface area (Å²) in [5, 5.41) is 11.5. The lowest BCUT2D eigenvalue weighted by Gasteiger charge is -2.07. The zero-order valence-corrected chi connectivity index (χ0v) is 11.9. The lowest BCUT2D eigenvalue weighted by atomic mass is 10.1. The highest BCUT2D eigenvalue weighted by molar-refractivity contribution is 8.00. The summed E-state index contributed by atoms with van der Waals surface area (Å²) in [5.41, 5.74) is 6.16. The maximum atomic E-state index is 11.8. The molecule has 6 heteroatoms. The molecule has 0 aliphatic rings. The van der Waals surface area contributed by atoms with E-state index in [9.17, 15) is 9.59 Å². The van der Waals surface area contributed by atoms with Crippen molar-refractivity contribution < 1.29 is 9.59 Å². The van der Waals surface area contributed by atoms with Gasteiger partial charge in [0.1, 0.15) is 5.92 Å². The van der Waals surface area contributed by atoms with Crippen molar-refractivity contribution in [2.75, 3.05) is 11.1 Å². The van der Waals surface area contributed by atoms with Crippen LogP contribution >= 0.6 is 11.8 Å². The minimum absolute atomic E-state index is 0.0686. The molecule has 0 unspecified atom stereocenters. The maximum Gasteiger partial charge on any atom is 0.221 e. The Morgan fingerprint density at radius 3 is 2.50 bits per heavy atom. The van der Waals surface area contributed by atoms with Crippen molar-refractivity contribution in [2.45, 2.75) is 11.8 Å². The highest BCUT2D eigenvalue weighted by atomic mass is 32.2. The predicted octanol–water partition coefficient (Wildman–Crippen LogP) is 1.92. The van der Waals surface area contributed by atoms with Crippen LogP contribution in [0.2, 0.25) is 0 Å². The average Bonchev–Trinajstić information content (AvgIpc) is 2.37. The topological polar surface area (TPSA) is 96.0 Å². The molecule has 3 N–H and O–H groups in total. The van der Waals surface area contributed by atoms with E-state index in [0.29, 0.717) is 5.69 Å². The second kappa shape index (κ2) is 7.36. The smallest absolute Gasteiger partial charge is 0.221 e. The van der Waals surface area contributed by atoms with Crippen LogP contribution in [-0.2, 0) is 9.59 Å². The van der Waals surface area contributed by atoms with Gasteiger partial charge in [0.25, 0.3) is 0 Å². The number of nitrogens with zero attached hydrogens (tertiary/aromatic N) is 1. The van der Waals surface area contributed by atoms with Gasteiger partial charge in [-0.25, -0.2) is 0 Å². The molecule has 104 valence electrons. The van der Waals surface area contributed by atoms with Crippen LogP contribution in [0.1, 0.15) is 6.92 Å². The summed E-state index contributed by atoms with van der Waals surface area (Å²) in [6.45, 7) is 4.86. The summed E-state index contributed by atoms with van der Waals surface area (Å²) in [7, 11) is 0. The second-order valence-electron chi connectivity index (χ2n) is 4.10. The van der Waals surface area contributed by atoms with Gasteiger partial charge >= 0.3 is 0 Å². The van der Waals surface area contributed by atoms with Crippen LogP contribution in [0.25, 0.3) is 0 Å². The number of hydrogen-bond acceptors (Lipinski definition) is 5. The summed E-state index contributed by atoms with van der Waals surface area (Å²) in [6, 6.07) is 8.92. The first kappa shape index (κ1) is 15.8. The van der Waals surface area contributed by atoms with Gasteiger partial charge in [-0.05, 0) is 24.3 Å². The first-order valence-electron chi connectivity index (χ1n) is 5.81. The Labute approximate surface area is 121 Å². The Balaban J connectivity index is 2.58. The zero-order valence-electron chi connectivity index (χ0n) is 11.1. The van der Waals surface area contributed by atoms with E-state index in [2.05, 4.69) is 11.9 Å². The summed E-state index contributed by atoms with van der Waals surface area (Å²) in [5.74, 6) is -1.22. The molecule has 1 atom stereocenters. The lowest BCUT2D eigenvalue weighted by Crippen LogP contribution is -2.21. The van der Waals surface area contributed by atoms with Crippen molar-refractivity contribution in [1.82, 2.24) is 0 Å². The number of anilines is 1. The number of nitrogens with one attached hydrogen (secondary N) is 1. The molecule has 20 heavy (non-hydrogen) atoms. The molecule has 0 aliphatic heterocycles. The molecular weight excluding hydrogens is 274 g/mol. The molecule has 1 aromatic rings. The number of amides is 1. The van der Waals surface area contributed by atoms with Gasteiger partial charge in [-0.15, -0.1) is 11.8 Å². The number of hydrogen-bond donors (Lipinski definition) is 2. The van der Waals surface area contributed by atoms with E-state index in [0.717, 1.165) is 4.90 Å². The Morgan fingerprint density at radius 2 is 2.05 bits per heavy atom. The molecule has 5 nitrogen and oxygen atoms in total. The fourth-order valence-electron chi connectivity index (χ4n) is 1.44. The number of Topliss-reactive ketones (excluding diaryl/α,β-unsaturated/α-hetero) is 1. The highest BCUT2D eigenvalue weighted by Crippen LogP contribution is 2.21. The minimum Gasteiger partial charge on any atom is -0.401 e. The van der Waals surface area contributed by atoms with Crippen molar-refractivity contribution >= 4 is 29.1 Å². The molecule has 1 amide bonds. The molecule has 0 saturated heterocycles. The van der Waals surface area contributed by atoms with E-state index in [1.807, 2.05) is 6.07 Å². The molecule has 0 saturated carbocycles. The van der Waals surface area contributed by atoms with Gasteiger partial charge < -0.3 is 11.1 Å². The van der Waals surface area contributed by atoms with E-state index in [1.54, 1.807) is 24.3 Å². The van der Waals surface area contributed by atoms with Crippen molar-refractivity contribution in [3.63, 3.8) is 0 Å². The van der Waals surface area contributed by atoms with Crippen molar-refractivity contribution in [3.05, 3.63) is 36.5 Å². The first-order chi connectivity index (χ1) is 9.43. The summed E-state index contributed by atoms with van der Waals surface area (Å²) >= 11 is 1.31. The van der Waals surface area contributed by atoms with Crippen LogP contribution in [0.4, 0.5) is 5.69 Å². The number of nitrogens with two attached hydrogens (primary N) is 1. The monoisotopic (exact) mass is 289 g/mol. The van der Waals surface area contributed by atoms with Crippen molar-refractivity contribution in [3.8, 4) is 6.07 Å². The third-order valence-electron chi connectivity index (χ3n) is 2.38. The van der Waals surface area contributed by atoms with Gasteiger partial charge in [-0.2, -0.15) is 5.26 Å². The number of carbonyl (C=O) groups excluding carboxylic acids is 2. The quantitative estimate of drug-likeness (QED) is 0.780. The fourth-order valence-corrected chi connectivity index (χ4v) is 2.24. The second-order valence-corrected chi connectivity index (χ2v) is 5.15. The zero-order chi connectivity index (χ0) is 15.1. The average molecular weight is 289 g/mol. The Morgan fingerprint density at radius 1 is 1.45 bits per heavy atom. The van der Waals surface area contributed by atoms with Gasteiger partial charge in [0.2, 0.25) is 5.91 Å². The van der Waals surface area contributed by atoms with Gasteiger partial charge in [-0.1, -0.05) is 6.58 Å². The summed E-state index contributed by atoms with van der Waals surface area (Å²) in [4.78, 5) is 23.5. The largest absolute Gasteiger partial charge is 0.401 e. The fraction of sp³-hybridized carbons (Fsp3) is 0.214. The summed E-state index contributed by atoms with van der Waals surface area (Å²) in [6.07, 6.45) is 0. The van der Waals surface area contributed by atoms with Crippen molar-refractivity contribution in [1.29, 1.82) is 5.26 Å². The van der Waals surface area contributed by atoms with E-state index in [-0.39, 0.29) is 23.1 Å². The van der Waals surface area contributed by atoms with Gasteiger partial charge in [-0.3, -0.25) is 9.59 Å².